The second-order valence-electron chi connectivity index (χ2n) is 3.13. The van der Waals surface area contributed by atoms with Crippen molar-refractivity contribution in [2.75, 3.05) is 13.1 Å². The van der Waals surface area contributed by atoms with Crippen LogP contribution >= 0.6 is 0 Å². The molecule has 0 aromatic carbocycles. The van der Waals surface area contributed by atoms with E-state index < -0.39 is 36.7 Å². The number of rotatable bonds is 7. The maximum absolute atomic E-state index is 9.28. The Bertz CT molecular complexity index is 267. The van der Waals surface area contributed by atoms with Crippen molar-refractivity contribution in [1.29, 1.82) is 0 Å². The number of hydrogen-bond donors (Lipinski definition) is 4. The number of aliphatic carboxylic acids is 4. The molecule has 0 rings (SSSR count). The van der Waals surface area contributed by atoms with Crippen molar-refractivity contribution >= 4 is 23.9 Å². The Balaban J connectivity index is -0.0000000334. The van der Waals surface area contributed by atoms with E-state index in [4.69, 9.17) is 11.5 Å². The summed E-state index contributed by atoms with van der Waals surface area (Å²) in [4.78, 5) is 37.1. The summed E-state index contributed by atoms with van der Waals surface area (Å²) >= 11 is 0. The van der Waals surface area contributed by atoms with Crippen LogP contribution in [0.15, 0.2) is 0 Å². The summed E-state index contributed by atoms with van der Waals surface area (Å²) in [6.07, 6.45) is 0.0764. The number of carbonyl (C=O) groups excluding carboxylic acids is 4. The van der Waals surface area contributed by atoms with Crippen molar-refractivity contribution in [3.8, 4) is 0 Å². The van der Waals surface area contributed by atoms with Gasteiger partial charge in [0.1, 0.15) is 0 Å². The van der Waals surface area contributed by atoms with Gasteiger partial charge >= 0.3 is 42.1 Å². The third kappa shape index (κ3) is 83.6. The van der Waals surface area contributed by atoms with Gasteiger partial charge in [-0.3, -0.25) is 0 Å². The molecule has 0 saturated heterocycles. The fourth-order valence-corrected chi connectivity index (χ4v) is 0.524. The molecule has 0 atom stereocenters. The predicted octanol–water partition coefficient (Wildman–Crippen LogP) is -6.24. The van der Waals surface area contributed by atoms with Crippen LogP contribution in [0.3, 0.4) is 0 Å². The number of unbranched alkanes of at least 4 members (excludes halogenated alkanes) is 1. The molecule has 0 spiro atoms. The molecule has 0 heterocycles. The first-order valence-corrected chi connectivity index (χ1v) is 5.36. The topological polar surface area (TPSA) is 283 Å². The first-order chi connectivity index (χ1) is 9.17. The van der Waals surface area contributed by atoms with E-state index in [9.17, 15) is 39.6 Å². The van der Waals surface area contributed by atoms with Crippen LogP contribution in [0.5, 0.6) is 0 Å². The summed E-state index contributed by atoms with van der Waals surface area (Å²) in [5.41, 5.74) is 10.3. The summed E-state index contributed by atoms with van der Waals surface area (Å²) in [7, 11) is 0. The molecule has 0 bridgehead atoms. The Kier molecular flexibility index (Phi) is 61.0. The second-order valence-corrected chi connectivity index (χ2v) is 3.13. The summed E-state index contributed by atoms with van der Waals surface area (Å²) in [5, 5.41) is 37.1. The minimum Gasteiger partial charge on any atom is -0.550 e. The normalized spacial score (nSPS) is 6.92. The molecular weight excluding hydrogens is 694 g/mol. The SMILES string of the molecule is N.N.NCCCCN.O=C([O-])CC(=O)[O-].O=C([O-])CC(=O)[O-].[Pt+4].[Pt+4]. The molecular formula is C10H22N4O8Pt2+4. The van der Waals surface area contributed by atoms with E-state index in [-0.39, 0.29) is 54.4 Å². The van der Waals surface area contributed by atoms with Crippen molar-refractivity contribution < 1.29 is 81.7 Å². The Morgan fingerprint density at radius 1 is 0.583 bits per heavy atom. The summed E-state index contributed by atoms with van der Waals surface area (Å²) in [6, 6.07) is 0. The van der Waals surface area contributed by atoms with E-state index in [0.717, 1.165) is 25.9 Å². The van der Waals surface area contributed by atoms with Crippen molar-refractivity contribution in [3.05, 3.63) is 0 Å². The average Bonchev–Trinajstić information content (AvgIpc) is 2.24. The van der Waals surface area contributed by atoms with Gasteiger partial charge in [-0.2, -0.15) is 0 Å². The fourth-order valence-electron chi connectivity index (χ4n) is 0.524. The Morgan fingerprint density at radius 3 is 0.792 bits per heavy atom. The van der Waals surface area contributed by atoms with Gasteiger partial charge in [-0.15, -0.1) is 0 Å². The molecule has 0 aromatic heterocycles. The van der Waals surface area contributed by atoms with Gasteiger partial charge in [-0.05, 0) is 25.9 Å². The van der Waals surface area contributed by atoms with Crippen LogP contribution < -0.4 is 44.2 Å². The number of nitrogens with two attached hydrogens (primary N) is 2. The van der Waals surface area contributed by atoms with E-state index in [2.05, 4.69) is 0 Å². The zero-order valence-corrected chi connectivity index (χ0v) is 17.3. The minimum atomic E-state index is -1.63. The molecule has 0 aromatic rings. The molecule has 0 saturated carbocycles. The molecule has 12 nitrogen and oxygen atoms in total. The van der Waals surface area contributed by atoms with Gasteiger partial charge in [-0.1, -0.05) is 0 Å². The van der Waals surface area contributed by atoms with Gasteiger partial charge in [0.25, 0.3) is 0 Å². The molecule has 146 valence electrons. The zero-order valence-electron chi connectivity index (χ0n) is 12.7. The van der Waals surface area contributed by atoms with Crippen LogP contribution in [0, 0.1) is 0 Å². The molecule has 0 fully saturated rings. The van der Waals surface area contributed by atoms with Crippen LogP contribution in [0.2, 0.25) is 0 Å². The van der Waals surface area contributed by atoms with E-state index in [0.29, 0.717) is 0 Å². The molecule has 24 heavy (non-hydrogen) atoms. The van der Waals surface area contributed by atoms with Crippen LogP contribution in [0.25, 0.3) is 0 Å². The Hall–Kier alpha value is -0.903. The molecule has 0 unspecified atom stereocenters. The standard InChI is InChI=1S/C4H12N2.2C3H4O4.2H3N.2Pt/c5-3-1-2-4-6;2*4-2(5)1-3(6)7;;;;/h1-6H2;2*1H2,(H,4,5)(H,6,7);2*1H3;;/q;;;;;2*+4/p-4. The van der Waals surface area contributed by atoms with Gasteiger partial charge in [0.2, 0.25) is 0 Å². The largest absolute Gasteiger partial charge is 4.00 e. The second kappa shape index (κ2) is 33.6. The fraction of sp³-hybridized carbons (Fsp3) is 0.600. The quantitative estimate of drug-likeness (QED) is 0.141. The molecule has 0 aliphatic rings. The molecule has 14 heteroatoms. The zero-order chi connectivity index (χ0) is 16.6. The first kappa shape index (κ1) is 43.5. The van der Waals surface area contributed by atoms with Crippen LogP contribution in [0.1, 0.15) is 25.7 Å². The van der Waals surface area contributed by atoms with E-state index in [1.54, 1.807) is 0 Å². The van der Waals surface area contributed by atoms with Crippen molar-refractivity contribution in [2.45, 2.75) is 25.7 Å². The number of carboxylic acid groups (broad SMARTS) is 4. The maximum Gasteiger partial charge on any atom is 4.00 e. The number of hydrogen-bond acceptors (Lipinski definition) is 12. The van der Waals surface area contributed by atoms with Crippen LogP contribution in [0.4, 0.5) is 0 Å². The summed E-state index contributed by atoms with van der Waals surface area (Å²) < 4.78 is 0. The van der Waals surface area contributed by atoms with Gasteiger partial charge < -0.3 is 63.4 Å². The number of carbonyl (C=O) groups is 4. The molecule has 0 aliphatic carbocycles. The minimum absolute atomic E-state index is 0. The Morgan fingerprint density at radius 2 is 0.750 bits per heavy atom. The van der Waals surface area contributed by atoms with Gasteiger partial charge in [0.15, 0.2) is 0 Å². The molecule has 0 aliphatic heterocycles. The third-order valence-corrected chi connectivity index (χ3v) is 1.24. The molecule has 0 amide bonds. The molecule has 0 radical (unpaired) electrons. The summed E-state index contributed by atoms with van der Waals surface area (Å²) in [6.45, 7) is 1.55. The van der Waals surface area contributed by atoms with Crippen molar-refractivity contribution in [2.24, 2.45) is 11.5 Å². The van der Waals surface area contributed by atoms with Crippen LogP contribution in [-0.4, -0.2) is 37.0 Å². The van der Waals surface area contributed by atoms with Gasteiger partial charge in [0, 0.05) is 36.7 Å². The number of carboxylic acids is 4. The summed E-state index contributed by atoms with van der Waals surface area (Å²) in [5.74, 6) is -6.50. The first-order valence-electron chi connectivity index (χ1n) is 5.36. The van der Waals surface area contributed by atoms with E-state index >= 15 is 0 Å². The van der Waals surface area contributed by atoms with Crippen molar-refractivity contribution in [1.82, 2.24) is 12.3 Å². The van der Waals surface area contributed by atoms with Crippen molar-refractivity contribution in [3.63, 3.8) is 0 Å². The Labute approximate surface area is 168 Å². The average molecular weight is 716 g/mol. The van der Waals surface area contributed by atoms with E-state index in [1.165, 1.54) is 0 Å². The smallest absolute Gasteiger partial charge is 0.550 e. The molecule has 10 N–H and O–H groups in total. The monoisotopic (exact) mass is 716 g/mol. The predicted molar refractivity (Wildman–Crippen MR) is 66.6 cm³/mol. The third-order valence-electron chi connectivity index (χ3n) is 1.24. The van der Waals surface area contributed by atoms with E-state index in [1.807, 2.05) is 0 Å². The maximum atomic E-state index is 9.28. The van der Waals surface area contributed by atoms with Gasteiger partial charge in [-0.25, -0.2) is 0 Å². The van der Waals surface area contributed by atoms with Crippen LogP contribution in [-0.2, 0) is 61.3 Å². The van der Waals surface area contributed by atoms with Gasteiger partial charge in [0.05, 0.1) is 0 Å².